The van der Waals surface area contributed by atoms with Crippen LogP contribution in [0.2, 0.25) is 0 Å². The van der Waals surface area contributed by atoms with Crippen molar-refractivity contribution >= 4 is 0 Å². The Morgan fingerprint density at radius 3 is 2.52 bits per heavy atom. The third-order valence-electron chi connectivity index (χ3n) is 6.58. The summed E-state index contributed by atoms with van der Waals surface area (Å²) >= 11 is 0. The molecule has 2 saturated carbocycles. The van der Waals surface area contributed by atoms with E-state index in [4.69, 9.17) is 15.2 Å². The molecule has 1 radical (unpaired) electrons. The fourth-order valence-corrected chi connectivity index (χ4v) is 4.98. The second kappa shape index (κ2) is 12.7. The number of ether oxygens (including phenoxy) is 1. The molecule has 2 aliphatic carbocycles. The van der Waals surface area contributed by atoms with Gasteiger partial charge in [0.1, 0.15) is 5.75 Å². The number of nitrogens with one attached hydrogen (secondary N) is 1. The van der Waals surface area contributed by atoms with Crippen molar-refractivity contribution < 1.29 is 47.7 Å². The summed E-state index contributed by atoms with van der Waals surface area (Å²) in [6.45, 7) is 1.49. The third-order valence-corrected chi connectivity index (χ3v) is 6.58. The zero-order valence-electron chi connectivity index (χ0n) is 17.9. The van der Waals surface area contributed by atoms with Crippen molar-refractivity contribution in [2.24, 2.45) is 5.92 Å². The van der Waals surface area contributed by atoms with E-state index in [1.165, 1.54) is 43.2 Å². The predicted molar refractivity (Wildman–Crippen MR) is 113 cm³/mol. The number of hydrogen-bond donors (Lipinski definition) is 3. The zero-order chi connectivity index (χ0) is 19.8. The van der Waals surface area contributed by atoms with Crippen LogP contribution in [0.3, 0.4) is 0 Å². The number of methoxy groups -OCH3 is 1. The summed E-state index contributed by atoms with van der Waals surface area (Å²) < 4.78 is 5.37. The van der Waals surface area contributed by atoms with Crippen LogP contribution < -0.4 is 10.1 Å². The molecule has 0 aromatic heterocycles. The molecule has 2 fully saturated rings. The van der Waals surface area contributed by atoms with Crippen LogP contribution in [-0.2, 0) is 39.1 Å². The van der Waals surface area contributed by atoms with Gasteiger partial charge in [-0.05, 0) is 37.0 Å². The quantitative estimate of drug-likeness (QED) is 0.558. The second-order valence-corrected chi connectivity index (χ2v) is 8.58. The molecule has 4 rings (SSSR count). The van der Waals surface area contributed by atoms with E-state index < -0.39 is 5.60 Å². The van der Waals surface area contributed by atoms with Crippen molar-refractivity contribution in [3.63, 3.8) is 0 Å². The molecule has 1 heterocycles. The van der Waals surface area contributed by atoms with Gasteiger partial charge in [0.25, 0.3) is 0 Å². The molecule has 1 aromatic rings. The number of fused-ring (bicyclic) bond motifs is 1. The minimum absolute atomic E-state index is 0. The van der Waals surface area contributed by atoms with Crippen molar-refractivity contribution in [3.05, 3.63) is 34.6 Å². The van der Waals surface area contributed by atoms with E-state index in [-0.39, 0.29) is 39.4 Å². The standard InChI is InChI=1S/C16H22NO.C7H15NO2.Y/c1-18-14-8-7-12-9-10-17-16(15(12)11-14)13-5-3-2-4-6-13;9-6-8-5-7(10)3-1-2-4-7;/h7-8,11,13,16H,2-6,9-10H2,1H3;8-10H,1-6H2;/q-1;;. The number of benzene rings is 1. The van der Waals surface area contributed by atoms with Gasteiger partial charge in [0.15, 0.2) is 0 Å². The van der Waals surface area contributed by atoms with Crippen LogP contribution in [0.15, 0.2) is 18.2 Å². The van der Waals surface area contributed by atoms with Gasteiger partial charge < -0.3 is 20.3 Å². The molecule has 1 aliphatic heterocycles. The first-order chi connectivity index (χ1) is 13.6. The summed E-state index contributed by atoms with van der Waals surface area (Å²) in [5, 5.41) is 25.7. The minimum Gasteiger partial charge on any atom is -0.655 e. The summed E-state index contributed by atoms with van der Waals surface area (Å²) in [5.41, 5.74) is 2.40. The Hall–Kier alpha value is -0.0361. The van der Waals surface area contributed by atoms with Crippen LogP contribution in [0.4, 0.5) is 0 Å². The van der Waals surface area contributed by atoms with Gasteiger partial charge >= 0.3 is 0 Å². The average Bonchev–Trinajstić information content (AvgIpc) is 3.19. The van der Waals surface area contributed by atoms with Crippen LogP contribution in [0.1, 0.15) is 75.0 Å². The molecule has 0 saturated heterocycles. The van der Waals surface area contributed by atoms with Gasteiger partial charge in [-0.2, -0.15) is 0 Å². The molecule has 3 aliphatic rings. The molecule has 1 atom stereocenters. The van der Waals surface area contributed by atoms with Gasteiger partial charge in [-0.3, -0.25) is 5.32 Å². The Kier molecular flexibility index (Phi) is 11.1. The summed E-state index contributed by atoms with van der Waals surface area (Å²) in [6.07, 6.45) is 12.0. The fraction of sp³-hybridized carbons (Fsp3) is 0.739. The van der Waals surface area contributed by atoms with E-state index in [1.54, 1.807) is 7.11 Å². The Morgan fingerprint density at radius 1 is 1.14 bits per heavy atom. The topological polar surface area (TPSA) is 75.8 Å². The first-order valence-corrected chi connectivity index (χ1v) is 11.0. The first-order valence-electron chi connectivity index (χ1n) is 11.0. The van der Waals surface area contributed by atoms with E-state index in [9.17, 15) is 5.11 Å². The van der Waals surface area contributed by atoms with Crippen molar-refractivity contribution in [2.45, 2.75) is 75.9 Å². The Labute approximate surface area is 201 Å². The van der Waals surface area contributed by atoms with Crippen molar-refractivity contribution in [3.8, 4) is 5.75 Å². The van der Waals surface area contributed by atoms with E-state index in [2.05, 4.69) is 23.5 Å². The SMILES string of the molecule is COc1ccc2c(c1)C(C1CCCCC1)[N-]CC2.OCNCC1(O)CCCC1.[Y]. The van der Waals surface area contributed by atoms with Crippen molar-refractivity contribution in [1.29, 1.82) is 0 Å². The number of aliphatic hydroxyl groups excluding tert-OH is 1. The van der Waals surface area contributed by atoms with Gasteiger partial charge in [0.2, 0.25) is 0 Å². The van der Waals surface area contributed by atoms with Crippen LogP contribution in [0.25, 0.3) is 5.32 Å². The molecule has 0 bridgehead atoms. The summed E-state index contributed by atoms with van der Waals surface area (Å²) in [7, 11) is 1.75. The molecular formula is C23H37N2O3Y-. The maximum absolute atomic E-state index is 9.65. The molecule has 0 spiro atoms. The van der Waals surface area contributed by atoms with Crippen LogP contribution in [0, 0.1) is 5.92 Å². The smallest absolute Gasteiger partial charge is 0.119 e. The Morgan fingerprint density at radius 2 is 1.86 bits per heavy atom. The van der Waals surface area contributed by atoms with E-state index in [0.29, 0.717) is 12.6 Å². The zero-order valence-corrected chi connectivity index (χ0v) is 20.7. The van der Waals surface area contributed by atoms with Gasteiger partial charge in [-0.25, -0.2) is 0 Å². The second-order valence-electron chi connectivity index (χ2n) is 8.58. The summed E-state index contributed by atoms with van der Waals surface area (Å²) in [6, 6.07) is 6.97. The Balaban J connectivity index is 0.000000234. The van der Waals surface area contributed by atoms with Gasteiger partial charge in [0, 0.05) is 39.3 Å². The van der Waals surface area contributed by atoms with Crippen molar-refractivity contribution in [2.75, 3.05) is 26.9 Å². The van der Waals surface area contributed by atoms with Gasteiger partial charge in [0.05, 0.1) is 19.4 Å². The van der Waals surface area contributed by atoms with E-state index in [0.717, 1.165) is 50.3 Å². The van der Waals surface area contributed by atoms with Gasteiger partial charge in [-0.1, -0.05) is 62.5 Å². The van der Waals surface area contributed by atoms with E-state index >= 15 is 0 Å². The molecule has 5 nitrogen and oxygen atoms in total. The maximum Gasteiger partial charge on any atom is 0.119 e. The number of aliphatic hydroxyl groups is 2. The summed E-state index contributed by atoms with van der Waals surface area (Å²) in [4.78, 5) is 0. The molecule has 161 valence electrons. The normalized spacial score (nSPS) is 23.3. The van der Waals surface area contributed by atoms with Gasteiger partial charge in [-0.15, -0.1) is 12.6 Å². The van der Waals surface area contributed by atoms with Crippen LogP contribution >= 0.6 is 0 Å². The number of rotatable bonds is 5. The third kappa shape index (κ3) is 7.26. The minimum atomic E-state index is -0.525. The molecule has 1 unspecified atom stereocenters. The monoisotopic (exact) mass is 478 g/mol. The molecule has 0 amide bonds. The van der Waals surface area contributed by atoms with E-state index in [1.807, 2.05) is 0 Å². The average molecular weight is 478 g/mol. The molecule has 6 heteroatoms. The van der Waals surface area contributed by atoms with Crippen LogP contribution in [0.5, 0.6) is 5.75 Å². The fourth-order valence-electron chi connectivity index (χ4n) is 4.98. The Bertz CT molecular complexity index is 602. The largest absolute Gasteiger partial charge is 0.655 e. The molecule has 3 N–H and O–H groups in total. The van der Waals surface area contributed by atoms with Crippen molar-refractivity contribution in [1.82, 2.24) is 5.32 Å². The predicted octanol–water partition coefficient (Wildman–Crippen LogP) is 4.07. The molecular weight excluding hydrogens is 441 g/mol. The van der Waals surface area contributed by atoms with Crippen LogP contribution in [-0.4, -0.2) is 42.7 Å². The number of nitrogens with zero attached hydrogens (tertiary/aromatic N) is 1. The first kappa shape index (κ1) is 25.2. The maximum atomic E-state index is 9.65. The summed E-state index contributed by atoms with van der Waals surface area (Å²) in [5.74, 6) is 1.75. The molecule has 1 aromatic carbocycles. The number of hydrogen-bond acceptors (Lipinski definition) is 4. The molecule has 29 heavy (non-hydrogen) atoms.